The number of rotatable bonds is 2. The van der Waals surface area contributed by atoms with E-state index in [4.69, 9.17) is 5.11 Å². The molecular formula is C13H20N2O4. The van der Waals surface area contributed by atoms with Gasteiger partial charge in [-0.3, -0.25) is 10.1 Å². The maximum atomic E-state index is 12.0. The van der Waals surface area contributed by atoms with Crippen LogP contribution in [0.5, 0.6) is 0 Å². The summed E-state index contributed by atoms with van der Waals surface area (Å²) < 4.78 is 0. The second kappa shape index (κ2) is 6.36. The van der Waals surface area contributed by atoms with E-state index in [1.165, 1.54) is 0 Å². The maximum Gasteiger partial charge on any atom is 0.328 e. The van der Waals surface area contributed by atoms with E-state index in [0.717, 1.165) is 12.5 Å². The summed E-state index contributed by atoms with van der Waals surface area (Å²) in [5.41, 5.74) is 0. The molecule has 0 saturated carbocycles. The molecule has 3 amide bonds. The topological polar surface area (TPSA) is 86.7 Å². The molecule has 2 N–H and O–H groups in total. The molecule has 1 aliphatic rings. The number of aliphatic carboxylic acids is 1. The van der Waals surface area contributed by atoms with Gasteiger partial charge in [0.05, 0.1) is 0 Å². The second-order valence-corrected chi connectivity index (χ2v) is 5.18. The lowest BCUT2D eigenvalue weighted by Crippen LogP contribution is -2.53. The maximum absolute atomic E-state index is 12.0. The van der Waals surface area contributed by atoms with Gasteiger partial charge in [-0.2, -0.15) is 0 Å². The van der Waals surface area contributed by atoms with Crippen LogP contribution in [0.1, 0.15) is 27.2 Å². The Bertz CT molecular complexity index is 405. The molecule has 1 heterocycles. The molecule has 0 bridgehead atoms. The van der Waals surface area contributed by atoms with Crippen molar-refractivity contribution in [1.29, 1.82) is 0 Å². The number of carboxylic acids is 1. The van der Waals surface area contributed by atoms with Gasteiger partial charge in [-0.25, -0.2) is 9.59 Å². The first-order valence-electron chi connectivity index (χ1n) is 6.33. The fourth-order valence-electron chi connectivity index (χ4n) is 2.35. The molecule has 3 atom stereocenters. The van der Waals surface area contributed by atoms with Gasteiger partial charge in [0.1, 0.15) is 0 Å². The van der Waals surface area contributed by atoms with Crippen molar-refractivity contribution in [2.75, 3.05) is 6.54 Å². The zero-order chi connectivity index (χ0) is 14.6. The summed E-state index contributed by atoms with van der Waals surface area (Å²) in [5.74, 6) is -1.18. The van der Waals surface area contributed by atoms with Crippen molar-refractivity contribution in [1.82, 2.24) is 10.2 Å². The minimum atomic E-state index is -1.23. The zero-order valence-corrected chi connectivity index (χ0v) is 11.4. The SMILES string of the molecule is CC1CC(C)C(C)N(C(=O)NC(=O)/C=C/C(=O)O)C1. The highest BCUT2D eigenvalue weighted by Crippen LogP contribution is 2.26. The van der Waals surface area contributed by atoms with Crippen LogP contribution < -0.4 is 5.32 Å². The van der Waals surface area contributed by atoms with Gasteiger partial charge < -0.3 is 10.0 Å². The second-order valence-electron chi connectivity index (χ2n) is 5.18. The average Bonchev–Trinajstić information content (AvgIpc) is 2.31. The standard InChI is InChI=1S/C13H20N2O4/c1-8-6-9(2)10(3)15(7-8)13(19)14-11(16)4-5-12(17)18/h4-5,8-10H,6-7H2,1-3H3,(H,17,18)(H,14,16,19)/b5-4+. The molecule has 1 fully saturated rings. The Balaban J connectivity index is 2.61. The average molecular weight is 268 g/mol. The molecule has 0 aromatic rings. The third-order valence-corrected chi connectivity index (χ3v) is 3.47. The lowest BCUT2D eigenvalue weighted by atomic mass is 9.86. The number of hydrogen-bond acceptors (Lipinski definition) is 3. The van der Waals surface area contributed by atoms with Gasteiger partial charge in [0.2, 0.25) is 0 Å². The number of carboxylic acid groups (broad SMARTS) is 1. The number of hydrogen-bond donors (Lipinski definition) is 2. The normalized spacial score (nSPS) is 27.3. The van der Waals surface area contributed by atoms with E-state index in [9.17, 15) is 14.4 Å². The summed E-state index contributed by atoms with van der Waals surface area (Å²) in [6, 6.07) is -0.404. The van der Waals surface area contributed by atoms with Crippen molar-refractivity contribution >= 4 is 17.9 Å². The van der Waals surface area contributed by atoms with Gasteiger partial charge in [0.15, 0.2) is 0 Å². The quantitative estimate of drug-likeness (QED) is 0.737. The Morgan fingerprint density at radius 1 is 1.21 bits per heavy atom. The molecule has 0 aliphatic carbocycles. The van der Waals surface area contributed by atoms with Gasteiger partial charge in [-0.05, 0) is 25.2 Å². The first-order chi connectivity index (χ1) is 8.81. The van der Waals surface area contributed by atoms with Gasteiger partial charge in [-0.1, -0.05) is 13.8 Å². The third-order valence-electron chi connectivity index (χ3n) is 3.47. The Labute approximate surface area is 112 Å². The van der Waals surface area contributed by atoms with Crippen LogP contribution in [-0.2, 0) is 9.59 Å². The van der Waals surface area contributed by atoms with Crippen molar-refractivity contribution in [2.45, 2.75) is 33.2 Å². The number of carbonyl (C=O) groups is 3. The zero-order valence-electron chi connectivity index (χ0n) is 11.4. The molecule has 6 nitrogen and oxygen atoms in total. The Morgan fingerprint density at radius 2 is 1.84 bits per heavy atom. The summed E-state index contributed by atoms with van der Waals surface area (Å²) in [7, 11) is 0. The minimum absolute atomic E-state index is 0.0625. The van der Waals surface area contributed by atoms with Crippen LogP contribution in [0.25, 0.3) is 0 Å². The number of carbonyl (C=O) groups excluding carboxylic acids is 2. The lowest BCUT2D eigenvalue weighted by Gasteiger charge is -2.40. The monoisotopic (exact) mass is 268 g/mol. The van der Waals surface area contributed by atoms with E-state index < -0.39 is 17.9 Å². The van der Waals surface area contributed by atoms with E-state index in [1.807, 2.05) is 6.92 Å². The molecule has 6 heteroatoms. The number of likely N-dealkylation sites (tertiary alicyclic amines) is 1. The summed E-state index contributed by atoms with van der Waals surface area (Å²) in [5, 5.41) is 10.6. The fraction of sp³-hybridized carbons (Fsp3) is 0.615. The molecule has 1 rings (SSSR count). The van der Waals surface area contributed by atoms with E-state index in [1.54, 1.807) is 4.90 Å². The number of amides is 3. The Morgan fingerprint density at radius 3 is 2.42 bits per heavy atom. The molecule has 0 aromatic heterocycles. The van der Waals surface area contributed by atoms with Crippen LogP contribution in [0.4, 0.5) is 4.79 Å². The Hall–Kier alpha value is -1.85. The van der Waals surface area contributed by atoms with Crippen LogP contribution >= 0.6 is 0 Å². The number of piperidine rings is 1. The van der Waals surface area contributed by atoms with Crippen LogP contribution in [-0.4, -0.2) is 40.5 Å². The summed E-state index contributed by atoms with van der Waals surface area (Å²) in [6.07, 6.45) is 2.59. The van der Waals surface area contributed by atoms with Gasteiger partial charge in [-0.15, -0.1) is 0 Å². The van der Waals surface area contributed by atoms with Crippen molar-refractivity contribution in [3.63, 3.8) is 0 Å². The van der Waals surface area contributed by atoms with E-state index in [-0.39, 0.29) is 6.04 Å². The molecular weight excluding hydrogens is 248 g/mol. The molecule has 3 unspecified atom stereocenters. The van der Waals surface area contributed by atoms with Crippen molar-refractivity contribution in [3.05, 3.63) is 12.2 Å². The highest BCUT2D eigenvalue weighted by Gasteiger charge is 2.32. The smallest absolute Gasteiger partial charge is 0.328 e. The van der Waals surface area contributed by atoms with Crippen LogP contribution in [0, 0.1) is 11.8 Å². The summed E-state index contributed by atoms with van der Waals surface area (Å²) in [4.78, 5) is 35.2. The first-order valence-corrected chi connectivity index (χ1v) is 6.33. The fourth-order valence-corrected chi connectivity index (χ4v) is 2.35. The molecule has 1 saturated heterocycles. The van der Waals surface area contributed by atoms with Crippen molar-refractivity contribution < 1.29 is 19.5 Å². The molecule has 106 valence electrons. The minimum Gasteiger partial charge on any atom is -0.478 e. The third kappa shape index (κ3) is 4.39. The van der Waals surface area contributed by atoms with E-state index >= 15 is 0 Å². The summed E-state index contributed by atoms with van der Waals surface area (Å²) in [6.45, 7) is 6.70. The van der Waals surface area contributed by atoms with E-state index in [0.29, 0.717) is 24.5 Å². The van der Waals surface area contributed by atoms with Gasteiger partial charge in [0.25, 0.3) is 5.91 Å². The largest absolute Gasteiger partial charge is 0.478 e. The number of imide groups is 1. The van der Waals surface area contributed by atoms with E-state index in [2.05, 4.69) is 19.2 Å². The lowest BCUT2D eigenvalue weighted by molar-refractivity contribution is -0.131. The Kier molecular flexibility index (Phi) is 5.09. The first kappa shape index (κ1) is 15.2. The summed E-state index contributed by atoms with van der Waals surface area (Å²) >= 11 is 0. The highest BCUT2D eigenvalue weighted by atomic mass is 16.4. The molecule has 19 heavy (non-hydrogen) atoms. The number of nitrogens with one attached hydrogen (secondary N) is 1. The van der Waals surface area contributed by atoms with Gasteiger partial charge >= 0.3 is 12.0 Å². The van der Waals surface area contributed by atoms with Crippen LogP contribution in [0.2, 0.25) is 0 Å². The molecule has 0 spiro atoms. The van der Waals surface area contributed by atoms with Crippen molar-refractivity contribution in [3.8, 4) is 0 Å². The number of urea groups is 1. The highest BCUT2D eigenvalue weighted by molar-refractivity contribution is 6.02. The predicted octanol–water partition coefficient (Wildman–Crippen LogP) is 1.23. The van der Waals surface area contributed by atoms with Crippen LogP contribution in [0.15, 0.2) is 12.2 Å². The molecule has 0 aromatic carbocycles. The van der Waals surface area contributed by atoms with Gasteiger partial charge in [0, 0.05) is 24.7 Å². The predicted molar refractivity (Wildman–Crippen MR) is 69.4 cm³/mol. The molecule has 1 aliphatic heterocycles. The molecule has 0 radical (unpaired) electrons. The van der Waals surface area contributed by atoms with Crippen molar-refractivity contribution in [2.24, 2.45) is 11.8 Å². The number of nitrogens with zero attached hydrogens (tertiary/aromatic N) is 1. The van der Waals surface area contributed by atoms with Crippen LogP contribution in [0.3, 0.4) is 0 Å².